The first-order valence-electron chi connectivity index (χ1n) is 22.9. The van der Waals surface area contributed by atoms with Crippen molar-refractivity contribution in [2.45, 2.75) is 0 Å². The van der Waals surface area contributed by atoms with Crippen LogP contribution in [0.15, 0.2) is 243 Å². The molecule has 326 valence electrons. The summed E-state index contributed by atoms with van der Waals surface area (Å²) < 4.78 is 17.6. The number of benzene rings is 9. The first-order valence-corrected chi connectivity index (χ1v) is 28.7. The summed E-state index contributed by atoms with van der Waals surface area (Å²) in [6, 6.07) is 80.0. The quantitative estimate of drug-likeness (QED) is 0.0865. The van der Waals surface area contributed by atoms with Crippen LogP contribution in [-0.4, -0.2) is 34.5 Å². The summed E-state index contributed by atoms with van der Waals surface area (Å²) in [5, 5.41) is 12.8. The van der Waals surface area contributed by atoms with Crippen molar-refractivity contribution in [3.63, 3.8) is 0 Å². The van der Waals surface area contributed by atoms with Crippen LogP contribution in [0.4, 0.5) is 0 Å². The van der Waals surface area contributed by atoms with Crippen LogP contribution in [0.1, 0.15) is 0 Å². The summed E-state index contributed by atoms with van der Waals surface area (Å²) in [7, 11) is -3.16. The van der Waals surface area contributed by atoms with Gasteiger partial charge in [0.1, 0.15) is 0 Å². The van der Waals surface area contributed by atoms with Crippen molar-refractivity contribution >= 4 is 120 Å². The van der Waals surface area contributed by atoms with E-state index >= 15 is 4.57 Å². The third kappa shape index (κ3) is 6.79. The molecule has 0 unspecified atom stereocenters. The molecule has 0 atom stereocenters. The van der Waals surface area contributed by atoms with E-state index < -0.39 is 12.7 Å². The second-order valence-corrected chi connectivity index (χ2v) is 26.5. The average Bonchev–Trinajstić information content (AvgIpc) is 3.82. The smallest absolute Gasteiger partial charge is 0.0710 e. The van der Waals surface area contributed by atoms with Crippen LogP contribution < -0.4 is 31.8 Å². The van der Waals surface area contributed by atoms with Crippen molar-refractivity contribution in [1.29, 1.82) is 0 Å². The van der Waals surface area contributed by atoms with Crippen molar-refractivity contribution in [1.82, 2.24) is 19.4 Å². The maximum absolute atomic E-state index is 15.2. The Labute approximate surface area is 406 Å². The predicted octanol–water partition coefficient (Wildman–Crippen LogP) is 12.2. The summed E-state index contributed by atoms with van der Waals surface area (Å²) in [5.74, 6) is 0. The molecule has 0 saturated carbocycles. The Hall–Kier alpha value is -7.55. The first-order chi connectivity index (χ1) is 33.9. The minimum atomic E-state index is -3.16. The molecule has 0 radical (unpaired) electrons. The molecule has 4 heterocycles. The Balaban J connectivity index is 0.959. The molecular weight excluding hydrogens is 946 g/mol. The SMILES string of the molecule is O=P(c1ccccc1)(c1ccccc1)c1ccc2cc(-c3ccc4c5ccc6ccccc6c5c5nc6ccc(-c7ccc(P(=[Se])(c8ccccc8)c8ccccc8)cn7)cc6n5c4c3)cnc2c1. The standard InChI is InChI=1S/C61H40N4OP2Se/c66-67(46-16-5-1-6-17-46,47-18-7-2-8-19-47)50-29-25-43-35-45(39-62-57(43)38-50)42-27-31-53-54-32-26-41-15-13-14-24-52(41)60(54)61-64-56-33-28-44(37-59(56)65(61)58(53)36-42)55-34-30-51(40-63-55)68(69,48-20-9-3-10-21-48)49-22-11-4-12-23-49/h1-40H. The third-order valence-corrected chi connectivity index (χ3v) is 23.7. The van der Waals surface area contributed by atoms with Crippen LogP contribution in [0.25, 0.3) is 82.4 Å². The van der Waals surface area contributed by atoms with E-state index in [9.17, 15) is 0 Å². The van der Waals surface area contributed by atoms with Gasteiger partial charge in [-0.25, -0.2) is 0 Å². The van der Waals surface area contributed by atoms with Crippen LogP contribution in [-0.2, 0) is 4.57 Å². The molecule has 69 heavy (non-hydrogen) atoms. The predicted molar refractivity (Wildman–Crippen MR) is 293 cm³/mol. The minimum Gasteiger partial charge on any atom is -0.256 e. The van der Waals surface area contributed by atoms with Gasteiger partial charge in [-0.05, 0) is 17.5 Å². The molecule has 0 spiro atoms. The molecule has 13 rings (SSSR count). The third-order valence-electron chi connectivity index (χ3n) is 13.6. The molecule has 0 fully saturated rings. The van der Waals surface area contributed by atoms with Gasteiger partial charge in [0, 0.05) is 33.1 Å². The van der Waals surface area contributed by atoms with E-state index in [2.05, 4.69) is 183 Å². The van der Waals surface area contributed by atoms with E-state index in [1.807, 2.05) is 79.0 Å². The second-order valence-electron chi connectivity index (χ2n) is 17.5. The van der Waals surface area contributed by atoms with Crippen LogP contribution in [0, 0.1) is 0 Å². The van der Waals surface area contributed by atoms with E-state index in [1.54, 1.807) is 0 Å². The average molecular weight is 986 g/mol. The number of aromatic nitrogens is 4. The molecule has 0 aliphatic heterocycles. The monoisotopic (exact) mass is 986 g/mol. The van der Waals surface area contributed by atoms with Gasteiger partial charge in [-0.1, -0.05) is 115 Å². The number of pyridine rings is 3. The number of imidazole rings is 1. The maximum atomic E-state index is 15.2. The van der Waals surface area contributed by atoms with E-state index in [1.165, 1.54) is 26.7 Å². The van der Waals surface area contributed by atoms with Gasteiger partial charge in [0.05, 0.1) is 5.52 Å². The van der Waals surface area contributed by atoms with Gasteiger partial charge in [0.25, 0.3) is 0 Å². The Morgan fingerprint density at radius 3 is 1.67 bits per heavy atom. The van der Waals surface area contributed by atoms with Crippen LogP contribution in [0.2, 0.25) is 0 Å². The molecule has 5 nitrogen and oxygen atoms in total. The molecule has 0 aliphatic carbocycles. The van der Waals surface area contributed by atoms with Crippen LogP contribution in [0.5, 0.6) is 0 Å². The van der Waals surface area contributed by atoms with Crippen molar-refractivity contribution in [3.8, 4) is 22.4 Å². The van der Waals surface area contributed by atoms with Crippen molar-refractivity contribution in [2.75, 3.05) is 0 Å². The summed E-state index contributed by atoms with van der Waals surface area (Å²) in [5.41, 5.74) is 6.56. The first kappa shape index (κ1) is 41.6. The molecule has 4 aromatic heterocycles. The van der Waals surface area contributed by atoms with Gasteiger partial charge < -0.3 is 4.57 Å². The van der Waals surface area contributed by atoms with Gasteiger partial charge in [0.15, 0.2) is 7.14 Å². The Bertz CT molecular complexity index is 4150. The normalized spacial score (nSPS) is 12.2. The van der Waals surface area contributed by atoms with Gasteiger partial charge in [-0.3, -0.25) is 4.98 Å². The van der Waals surface area contributed by atoms with Crippen molar-refractivity contribution in [3.05, 3.63) is 243 Å². The number of fused-ring (bicyclic) bond motifs is 11. The minimum absolute atomic E-state index is 0.760. The Morgan fingerprint density at radius 2 is 0.986 bits per heavy atom. The summed E-state index contributed by atoms with van der Waals surface area (Å²) in [6.45, 7) is 0. The van der Waals surface area contributed by atoms with Gasteiger partial charge in [0.2, 0.25) is 0 Å². The Kier molecular flexibility index (Phi) is 10.0. The molecule has 9 aromatic carbocycles. The molecule has 13 aromatic rings. The van der Waals surface area contributed by atoms with Gasteiger partial charge in [-0.15, -0.1) is 0 Å². The van der Waals surface area contributed by atoms with Gasteiger partial charge >= 0.3 is 221 Å². The zero-order valence-corrected chi connectivity index (χ0v) is 40.6. The van der Waals surface area contributed by atoms with E-state index in [0.29, 0.717) is 0 Å². The topological polar surface area (TPSA) is 60.2 Å². The fourth-order valence-corrected chi connectivity index (χ4v) is 17.6. The molecule has 8 heteroatoms. The largest absolute Gasteiger partial charge is 0.256 e. The number of nitrogens with zero attached hydrogens (tertiary/aromatic N) is 4. The molecule has 0 amide bonds. The zero-order valence-electron chi connectivity index (χ0n) is 37.1. The molecule has 0 N–H and O–H groups in total. The van der Waals surface area contributed by atoms with Gasteiger partial charge in [-0.2, -0.15) is 0 Å². The van der Waals surface area contributed by atoms with E-state index in [4.69, 9.17) is 15.0 Å². The van der Waals surface area contributed by atoms with Crippen LogP contribution in [0.3, 0.4) is 0 Å². The second kappa shape index (κ2) is 16.6. The van der Waals surface area contributed by atoms with E-state index in [-0.39, 0.29) is 0 Å². The number of hydrogen-bond donors (Lipinski definition) is 0. The van der Waals surface area contributed by atoms with E-state index in [0.717, 1.165) is 87.6 Å². The fraction of sp³-hybridized carbons (Fsp3) is 0. The maximum Gasteiger partial charge on any atom is 0.0710 e. The zero-order chi connectivity index (χ0) is 46.1. The summed E-state index contributed by atoms with van der Waals surface area (Å²) in [4.78, 5) is 15.6. The van der Waals surface area contributed by atoms with Crippen LogP contribution >= 0.6 is 12.7 Å². The summed E-state index contributed by atoms with van der Waals surface area (Å²) >= 11 is 3.67. The Morgan fingerprint density at radius 1 is 0.391 bits per heavy atom. The summed E-state index contributed by atoms with van der Waals surface area (Å²) in [6.07, 6.45) is 4.00. The number of hydrogen-bond acceptors (Lipinski definition) is 4. The molecule has 0 aliphatic rings. The number of rotatable bonds is 8. The molecule has 0 bridgehead atoms. The molecular formula is C61H40N4OP2Se. The van der Waals surface area contributed by atoms with Crippen molar-refractivity contribution < 1.29 is 4.57 Å². The molecule has 0 saturated heterocycles. The fourth-order valence-electron chi connectivity index (χ4n) is 10.2. The van der Waals surface area contributed by atoms with Crippen molar-refractivity contribution in [2.24, 2.45) is 0 Å².